The molecule has 0 radical (unpaired) electrons. The van der Waals surface area contributed by atoms with Crippen molar-refractivity contribution in [3.63, 3.8) is 0 Å². The summed E-state index contributed by atoms with van der Waals surface area (Å²) < 4.78 is 0. The lowest BCUT2D eigenvalue weighted by Crippen LogP contribution is -2.19. The summed E-state index contributed by atoms with van der Waals surface area (Å²) in [6.07, 6.45) is 2.55. The Hall–Kier alpha value is -0.820. The maximum Gasteiger partial charge on any atom is -0.00244 e. The molecule has 0 aliphatic heterocycles. The van der Waals surface area contributed by atoms with Crippen LogP contribution in [0.5, 0.6) is 0 Å². The number of hydrogen-bond acceptors (Lipinski definition) is 1. The largest absolute Gasteiger partial charge is 0.306 e. The first kappa shape index (κ1) is 19.5. The first-order valence-electron chi connectivity index (χ1n) is 7.32. The predicted octanol–water partition coefficient (Wildman–Crippen LogP) is 5.07. The monoisotopic (exact) mass is 251 g/mol. The summed E-state index contributed by atoms with van der Waals surface area (Å²) in [7, 11) is 2.17. The molecule has 0 heterocycles. The summed E-state index contributed by atoms with van der Waals surface area (Å²) >= 11 is 0. The highest BCUT2D eigenvalue weighted by molar-refractivity contribution is 5.19. The molecule has 0 aromatic heterocycles. The molecule has 0 N–H and O–H groups in total. The van der Waals surface area contributed by atoms with Crippen molar-refractivity contribution >= 4 is 0 Å². The number of aryl methyl sites for hydroxylation is 2. The van der Waals surface area contributed by atoms with E-state index in [0.717, 1.165) is 0 Å². The van der Waals surface area contributed by atoms with Crippen LogP contribution in [0, 0.1) is 13.8 Å². The molecule has 1 heteroatoms. The fraction of sp³-hybridized carbons (Fsp3) is 0.647. The second-order valence-corrected chi connectivity index (χ2v) is 4.46. The van der Waals surface area contributed by atoms with Crippen molar-refractivity contribution in [1.29, 1.82) is 0 Å². The minimum absolute atomic E-state index is 1.24. The topological polar surface area (TPSA) is 3.24 Å². The molecule has 0 amide bonds. The Kier molecular flexibility index (Phi) is 15.4. The van der Waals surface area contributed by atoms with Crippen LogP contribution in [-0.4, -0.2) is 25.0 Å². The minimum atomic E-state index is 1.24. The van der Waals surface area contributed by atoms with E-state index in [0.29, 0.717) is 0 Å². The zero-order valence-electron chi connectivity index (χ0n) is 13.6. The van der Waals surface area contributed by atoms with Crippen LogP contribution in [0.25, 0.3) is 0 Å². The van der Waals surface area contributed by atoms with Crippen LogP contribution in [0.15, 0.2) is 24.3 Å². The lowest BCUT2D eigenvalue weighted by molar-refractivity contribution is 0.335. The molecule has 18 heavy (non-hydrogen) atoms. The summed E-state index contributed by atoms with van der Waals surface area (Å²) in [5, 5.41) is 0. The summed E-state index contributed by atoms with van der Waals surface area (Å²) in [6, 6.07) is 8.48. The molecule has 106 valence electrons. The van der Waals surface area contributed by atoms with Crippen molar-refractivity contribution in [1.82, 2.24) is 4.90 Å². The van der Waals surface area contributed by atoms with Crippen molar-refractivity contribution in [3.8, 4) is 0 Å². The molecule has 0 fully saturated rings. The van der Waals surface area contributed by atoms with Crippen LogP contribution in [0.1, 0.15) is 51.7 Å². The van der Waals surface area contributed by atoms with Crippen molar-refractivity contribution < 1.29 is 0 Å². The molecule has 1 rings (SSSR count). The van der Waals surface area contributed by atoms with Crippen molar-refractivity contribution in [2.75, 3.05) is 20.1 Å². The van der Waals surface area contributed by atoms with Crippen LogP contribution in [-0.2, 0) is 0 Å². The summed E-state index contributed by atoms with van der Waals surface area (Å²) in [5.74, 6) is 0. The highest BCUT2D eigenvalue weighted by Crippen LogP contribution is 1.99. The molecular weight excluding hydrogens is 218 g/mol. The van der Waals surface area contributed by atoms with Gasteiger partial charge < -0.3 is 4.90 Å². The van der Waals surface area contributed by atoms with E-state index in [1.807, 2.05) is 13.8 Å². The van der Waals surface area contributed by atoms with Crippen molar-refractivity contribution in [3.05, 3.63) is 35.4 Å². The van der Waals surface area contributed by atoms with Crippen LogP contribution >= 0.6 is 0 Å². The van der Waals surface area contributed by atoms with Gasteiger partial charge >= 0.3 is 0 Å². The fourth-order valence-electron chi connectivity index (χ4n) is 1.51. The Balaban J connectivity index is 0. The van der Waals surface area contributed by atoms with Gasteiger partial charge in [-0.2, -0.15) is 0 Å². The van der Waals surface area contributed by atoms with Crippen molar-refractivity contribution in [2.24, 2.45) is 0 Å². The average molecular weight is 251 g/mol. The van der Waals surface area contributed by atoms with Gasteiger partial charge in [0.05, 0.1) is 0 Å². The molecule has 0 bridgehead atoms. The van der Waals surface area contributed by atoms with Crippen LogP contribution in [0.2, 0.25) is 0 Å². The third-order valence-corrected chi connectivity index (χ3v) is 2.43. The molecule has 0 unspecified atom stereocenters. The molecule has 1 aromatic carbocycles. The van der Waals surface area contributed by atoms with Gasteiger partial charge in [0.1, 0.15) is 0 Å². The molecular formula is C17H33N. The molecule has 1 aromatic rings. The van der Waals surface area contributed by atoms with Gasteiger partial charge in [-0.3, -0.25) is 0 Å². The maximum absolute atomic E-state index is 2.36. The summed E-state index contributed by atoms with van der Waals surface area (Å²) in [4.78, 5) is 2.36. The van der Waals surface area contributed by atoms with E-state index in [9.17, 15) is 0 Å². The number of benzene rings is 1. The molecule has 0 saturated carbocycles. The van der Waals surface area contributed by atoms with E-state index in [1.165, 1.54) is 37.1 Å². The van der Waals surface area contributed by atoms with Gasteiger partial charge in [0.25, 0.3) is 0 Å². The predicted molar refractivity (Wildman–Crippen MR) is 85.3 cm³/mol. The van der Waals surface area contributed by atoms with Gasteiger partial charge in [-0.1, -0.05) is 63.1 Å². The van der Waals surface area contributed by atoms with Crippen molar-refractivity contribution in [2.45, 2.75) is 54.4 Å². The van der Waals surface area contributed by atoms with E-state index in [2.05, 4.69) is 63.9 Å². The van der Waals surface area contributed by atoms with Crippen LogP contribution in [0.4, 0.5) is 0 Å². The number of nitrogens with zero attached hydrogens (tertiary/aromatic N) is 1. The third-order valence-electron chi connectivity index (χ3n) is 2.43. The normalized spacial score (nSPS) is 9.11. The van der Waals surface area contributed by atoms with Gasteiger partial charge in [-0.25, -0.2) is 0 Å². The Morgan fingerprint density at radius 3 is 1.28 bits per heavy atom. The SMILES string of the molecule is CC.CCCN(C)CCC.Cc1ccc(C)cc1. The molecule has 0 aliphatic rings. The zero-order chi connectivity index (χ0) is 14.4. The van der Waals surface area contributed by atoms with E-state index in [4.69, 9.17) is 0 Å². The van der Waals surface area contributed by atoms with E-state index in [1.54, 1.807) is 0 Å². The second-order valence-electron chi connectivity index (χ2n) is 4.46. The van der Waals surface area contributed by atoms with Gasteiger partial charge in [0, 0.05) is 0 Å². The summed E-state index contributed by atoms with van der Waals surface area (Å²) in [6.45, 7) is 15.1. The first-order valence-corrected chi connectivity index (χ1v) is 7.32. The van der Waals surface area contributed by atoms with E-state index < -0.39 is 0 Å². The van der Waals surface area contributed by atoms with Gasteiger partial charge in [-0.15, -0.1) is 0 Å². The number of hydrogen-bond donors (Lipinski definition) is 0. The molecule has 0 atom stereocenters. The Bertz CT molecular complexity index is 224. The van der Waals surface area contributed by atoms with Gasteiger partial charge in [0.15, 0.2) is 0 Å². The Morgan fingerprint density at radius 1 is 0.778 bits per heavy atom. The highest BCUT2D eigenvalue weighted by atomic mass is 15.1. The minimum Gasteiger partial charge on any atom is -0.306 e. The lowest BCUT2D eigenvalue weighted by Gasteiger charge is -2.12. The smallest absolute Gasteiger partial charge is 0.00244 e. The maximum atomic E-state index is 2.36. The van der Waals surface area contributed by atoms with Gasteiger partial charge in [-0.05, 0) is 46.8 Å². The first-order chi connectivity index (χ1) is 8.60. The average Bonchev–Trinajstić information content (AvgIpc) is 2.37. The quantitative estimate of drug-likeness (QED) is 0.722. The van der Waals surface area contributed by atoms with Crippen LogP contribution in [0.3, 0.4) is 0 Å². The third kappa shape index (κ3) is 13.2. The standard InChI is InChI=1S/C8H10.C7H17N.C2H6/c1-7-3-5-8(2)6-4-7;1-4-6-8(3)7-5-2;1-2/h3-6H,1-2H3;4-7H2,1-3H3;1-2H3. The van der Waals surface area contributed by atoms with E-state index >= 15 is 0 Å². The number of rotatable bonds is 4. The highest BCUT2D eigenvalue weighted by Gasteiger charge is 1.90. The molecule has 0 saturated heterocycles. The lowest BCUT2D eigenvalue weighted by atomic mass is 10.2. The van der Waals surface area contributed by atoms with Crippen LogP contribution < -0.4 is 0 Å². The fourth-order valence-corrected chi connectivity index (χ4v) is 1.51. The Morgan fingerprint density at radius 2 is 1.06 bits per heavy atom. The van der Waals surface area contributed by atoms with Gasteiger partial charge in [0.2, 0.25) is 0 Å². The molecule has 1 nitrogen and oxygen atoms in total. The summed E-state index contributed by atoms with van der Waals surface area (Å²) in [5.41, 5.74) is 2.66. The molecule has 0 spiro atoms. The zero-order valence-corrected chi connectivity index (χ0v) is 13.6. The second kappa shape index (κ2) is 14.2. The van der Waals surface area contributed by atoms with E-state index in [-0.39, 0.29) is 0 Å². The molecule has 0 aliphatic carbocycles. The Labute approximate surface area is 115 Å².